The zero-order chi connectivity index (χ0) is 12.5. The average Bonchev–Trinajstić information content (AvgIpc) is 2.38. The molecule has 0 saturated carbocycles. The molecule has 2 heteroatoms. The fourth-order valence-electron chi connectivity index (χ4n) is 1.56. The van der Waals surface area contributed by atoms with Gasteiger partial charge in [0.05, 0.1) is 0 Å². The van der Waals surface area contributed by atoms with Gasteiger partial charge in [0.1, 0.15) is 0 Å². The Morgan fingerprint density at radius 2 is 1.94 bits per heavy atom. The second-order valence-electron chi connectivity index (χ2n) is 4.18. The minimum atomic E-state index is 1.12. The maximum atomic E-state index is 4.03. The van der Waals surface area contributed by atoms with Crippen molar-refractivity contribution in [3.05, 3.63) is 36.4 Å². The summed E-state index contributed by atoms with van der Waals surface area (Å²) in [7, 11) is 1.95. The Labute approximate surface area is 110 Å². The quantitative estimate of drug-likeness (QED) is 0.397. The lowest BCUT2D eigenvalue weighted by Gasteiger charge is -2.04. The van der Waals surface area contributed by atoms with Crippen LogP contribution in [0.5, 0.6) is 0 Å². The van der Waals surface area contributed by atoms with E-state index < -0.39 is 0 Å². The molecule has 0 atom stereocenters. The van der Waals surface area contributed by atoms with Gasteiger partial charge in [-0.2, -0.15) is 0 Å². The molecule has 0 aliphatic heterocycles. The lowest BCUT2D eigenvalue weighted by molar-refractivity contribution is 0.775. The van der Waals surface area contributed by atoms with Gasteiger partial charge >= 0.3 is 0 Å². The van der Waals surface area contributed by atoms with Crippen molar-refractivity contribution in [1.29, 1.82) is 0 Å². The molecule has 1 aromatic carbocycles. The number of benzene rings is 1. The van der Waals surface area contributed by atoms with E-state index in [1.165, 1.54) is 41.2 Å². The molecule has 1 N–H and O–H groups in total. The molecular weight excluding hydrogens is 226 g/mol. The van der Waals surface area contributed by atoms with Gasteiger partial charge in [-0.25, -0.2) is 0 Å². The van der Waals surface area contributed by atoms with Crippen LogP contribution in [0, 0.1) is 0 Å². The summed E-state index contributed by atoms with van der Waals surface area (Å²) in [6.45, 7) is 6.22. The van der Waals surface area contributed by atoms with Crippen LogP contribution in [0.1, 0.15) is 32.6 Å². The van der Waals surface area contributed by atoms with Gasteiger partial charge in [0.2, 0.25) is 0 Å². The van der Waals surface area contributed by atoms with E-state index in [9.17, 15) is 0 Å². The third-order valence-corrected chi connectivity index (χ3v) is 3.93. The van der Waals surface area contributed by atoms with Crippen LogP contribution in [0.4, 0.5) is 5.69 Å². The summed E-state index contributed by atoms with van der Waals surface area (Å²) in [4.78, 5) is 1.36. The molecule has 1 rings (SSSR count). The van der Waals surface area contributed by atoms with Crippen molar-refractivity contribution in [2.24, 2.45) is 0 Å². The Morgan fingerprint density at radius 3 is 2.53 bits per heavy atom. The Morgan fingerprint density at radius 1 is 1.24 bits per heavy atom. The minimum absolute atomic E-state index is 1.12. The van der Waals surface area contributed by atoms with E-state index in [1.807, 2.05) is 18.8 Å². The van der Waals surface area contributed by atoms with Crippen LogP contribution in [0.15, 0.2) is 41.3 Å². The van der Waals surface area contributed by atoms with Gasteiger partial charge in [-0.15, -0.1) is 11.8 Å². The zero-order valence-electron chi connectivity index (χ0n) is 11.0. The molecule has 0 aliphatic carbocycles. The fourth-order valence-corrected chi connectivity index (χ4v) is 2.47. The fraction of sp³-hybridized carbons (Fsp3) is 0.467. The van der Waals surface area contributed by atoms with Gasteiger partial charge < -0.3 is 5.32 Å². The predicted molar refractivity (Wildman–Crippen MR) is 80.0 cm³/mol. The molecule has 94 valence electrons. The highest BCUT2D eigenvalue weighted by Gasteiger charge is 1.96. The van der Waals surface area contributed by atoms with E-state index in [2.05, 4.69) is 43.1 Å². The third-order valence-electron chi connectivity index (χ3n) is 2.84. The van der Waals surface area contributed by atoms with Crippen molar-refractivity contribution in [3.63, 3.8) is 0 Å². The Hall–Kier alpha value is -0.890. The van der Waals surface area contributed by atoms with Crippen molar-refractivity contribution in [3.8, 4) is 0 Å². The summed E-state index contributed by atoms with van der Waals surface area (Å²) in [5.41, 5.74) is 2.56. The summed E-state index contributed by atoms with van der Waals surface area (Å²) < 4.78 is 0. The predicted octanol–water partition coefficient (Wildman–Crippen LogP) is 4.96. The van der Waals surface area contributed by atoms with Gasteiger partial charge in [0.15, 0.2) is 0 Å². The van der Waals surface area contributed by atoms with Gasteiger partial charge in [0, 0.05) is 17.6 Å². The first-order valence-corrected chi connectivity index (χ1v) is 7.32. The van der Waals surface area contributed by atoms with Crippen molar-refractivity contribution >= 4 is 17.4 Å². The molecule has 0 radical (unpaired) electrons. The highest BCUT2D eigenvalue weighted by molar-refractivity contribution is 7.99. The number of thioether (sulfide) groups is 1. The Balaban J connectivity index is 2.15. The zero-order valence-corrected chi connectivity index (χ0v) is 11.8. The lowest BCUT2D eigenvalue weighted by Crippen LogP contribution is -1.87. The largest absolute Gasteiger partial charge is 0.388 e. The molecule has 0 amide bonds. The van der Waals surface area contributed by atoms with E-state index in [0.717, 1.165) is 6.42 Å². The summed E-state index contributed by atoms with van der Waals surface area (Å²) >= 11 is 1.94. The highest BCUT2D eigenvalue weighted by atomic mass is 32.2. The average molecular weight is 249 g/mol. The Kier molecular flexibility index (Phi) is 6.87. The number of allylic oxidation sites excluding steroid dienone is 1. The first kappa shape index (κ1) is 14.2. The van der Waals surface area contributed by atoms with E-state index in [-0.39, 0.29) is 0 Å². The molecule has 17 heavy (non-hydrogen) atoms. The van der Waals surface area contributed by atoms with Crippen LogP contribution in [-0.2, 0) is 0 Å². The minimum Gasteiger partial charge on any atom is -0.388 e. The molecule has 0 aromatic heterocycles. The van der Waals surface area contributed by atoms with E-state index in [1.54, 1.807) is 0 Å². The van der Waals surface area contributed by atoms with Crippen molar-refractivity contribution in [2.75, 3.05) is 18.1 Å². The summed E-state index contributed by atoms with van der Waals surface area (Å²) in [6, 6.07) is 8.62. The van der Waals surface area contributed by atoms with Gasteiger partial charge in [0.25, 0.3) is 0 Å². The first-order valence-electron chi connectivity index (χ1n) is 6.33. The third kappa shape index (κ3) is 5.83. The topological polar surface area (TPSA) is 12.0 Å². The summed E-state index contributed by atoms with van der Waals surface area (Å²) in [6.07, 6.45) is 4.86. The van der Waals surface area contributed by atoms with E-state index >= 15 is 0 Å². The van der Waals surface area contributed by atoms with Crippen LogP contribution in [0.25, 0.3) is 0 Å². The molecule has 0 bridgehead atoms. The molecule has 0 aliphatic rings. The van der Waals surface area contributed by atoms with Gasteiger partial charge in [-0.05, 0) is 55.7 Å². The highest BCUT2D eigenvalue weighted by Crippen LogP contribution is 2.22. The molecule has 0 saturated heterocycles. The van der Waals surface area contributed by atoms with Crippen LogP contribution in [0.2, 0.25) is 0 Å². The van der Waals surface area contributed by atoms with Crippen LogP contribution < -0.4 is 5.32 Å². The molecule has 0 unspecified atom stereocenters. The van der Waals surface area contributed by atoms with Crippen molar-refractivity contribution < 1.29 is 0 Å². The van der Waals surface area contributed by atoms with Gasteiger partial charge in [-0.3, -0.25) is 0 Å². The molecule has 0 heterocycles. The number of unbranched alkanes of at least 4 members (excludes halogenated alkanes) is 1. The number of rotatable bonds is 8. The molecule has 0 spiro atoms. The Bertz CT molecular complexity index is 329. The molecule has 1 nitrogen and oxygen atoms in total. The van der Waals surface area contributed by atoms with Crippen LogP contribution >= 0.6 is 11.8 Å². The number of hydrogen-bond donors (Lipinski definition) is 1. The molecule has 1 aromatic rings. The molecular formula is C15H23NS. The van der Waals surface area contributed by atoms with Crippen molar-refractivity contribution in [1.82, 2.24) is 0 Å². The lowest BCUT2D eigenvalue weighted by atomic mass is 10.1. The summed E-state index contributed by atoms with van der Waals surface area (Å²) in [5, 5.41) is 3.13. The maximum absolute atomic E-state index is 4.03. The second-order valence-corrected chi connectivity index (χ2v) is 5.35. The number of hydrogen-bond acceptors (Lipinski definition) is 2. The monoisotopic (exact) mass is 249 g/mol. The number of anilines is 1. The van der Waals surface area contributed by atoms with Crippen LogP contribution in [-0.4, -0.2) is 12.8 Å². The van der Waals surface area contributed by atoms with E-state index in [4.69, 9.17) is 0 Å². The summed E-state index contributed by atoms with van der Waals surface area (Å²) in [5.74, 6) is 1.20. The second kappa shape index (κ2) is 8.24. The van der Waals surface area contributed by atoms with E-state index in [0.29, 0.717) is 0 Å². The molecule has 0 fully saturated rings. The van der Waals surface area contributed by atoms with Crippen LogP contribution in [0.3, 0.4) is 0 Å². The standard InChI is InChI=1S/C15H23NS/c1-4-13(2)7-5-6-12-17-15-10-8-14(16-3)9-11-15/h8-11,16H,2,4-7,12H2,1,3H3. The van der Waals surface area contributed by atoms with Gasteiger partial charge in [-0.1, -0.05) is 19.1 Å². The maximum Gasteiger partial charge on any atom is 0.0338 e. The smallest absolute Gasteiger partial charge is 0.0338 e. The van der Waals surface area contributed by atoms with Crippen molar-refractivity contribution in [2.45, 2.75) is 37.5 Å². The first-order chi connectivity index (χ1) is 8.26. The normalized spacial score (nSPS) is 10.2. The SMILES string of the molecule is C=C(CC)CCCCSc1ccc(NC)cc1. The number of nitrogens with one attached hydrogen (secondary N) is 1.